The average Bonchev–Trinajstić information content (AvgIpc) is 2.72. The van der Waals surface area contributed by atoms with E-state index < -0.39 is 50.3 Å². The minimum Gasteiger partial charge on any atom is -0.462 e. The van der Waals surface area contributed by atoms with Gasteiger partial charge in [0.2, 0.25) is 5.91 Å². The highest BCUT2D eigenvalue weighted by atomic mass is 32.2. The molecule has 3 atom stereocenters. The van der Waals surface area contributed by atoms with Gasteiger partial charge in [-0.25, -0.2) is 0 Å². The maximum absolute atomic E-state index is 13.1. The molecule has 0 aromatic heterocycles. The summed E-state index contributed by atoms with van der Waals surface area (Å²) in [5.41, 5.74) is 1.62. The molecule has 0 aliphatic carbocycles. The van der Waals surface area contributed by atoms with Crippen molar-refractivity contribution < 1.29 is 51.7 Å². The van der Waals surface area contributed by atoms with E-state index in [-0.39, 0.29) is 49.6 Å². The highest BCUT2D eigenvalue weighted by molar-refractivity contribution is 7.99. The topological polar surface area (TPSA) is 174 Å². The lowest BCUT2D eigenvalue weighted by Crippen LogP contribution is -2.43. The molecule has 0 aromatic carbocycles. The highest BCUT2D eigenvalue weighted by Gasteiger charge is 2.48. The van der Waals surface area contributed by atoms with Gasteiger partial charge in [-0.05, 0) is 5.92 Å². The van der Waals surface area contributed by atoms with Gasteiger partial charge in [0.05, 0.1) is 19.3 Å². The number of nitrogens with one attached hydrogen (secondary N) is 1. The number of alkyl halides is 2. The van der Waals surface area contributed by atoms with E-state index >= 15 is 0 Å². The molecule has 15 heteroatoms. The molecule has 0 heterocycles. The van der Waals surface area contributed by atoms with Crippen molar-refractivity contribution in [3.8, 4) is 0 Å². The van der Waals surface area contributed by atoms with Crippen molar-refractivity contribution in [3.05, 3.63) is 0 Å². The summed E-state index contributed by atoms with van der Waals surface area (Å²) in [6, 6.07) is -0.921. The van der Waals surface area contributed by atoms with Crippen LogP contribution in [0.4, 0.5) is 8.78 Å². The Balaban J connectivity index is 4.20. The molecule has 0 aliphatic heterocycles. The first-order valence-electron chi connectivity index (χ1n) is 10.6. The summed E-state index contributed by atoms with van der Waals surface area (Å²) in [5, 5.41) is 2.45. The van der Waals surface area contributed by atoms with Crippen LogP contribution in [0, 0.1) is 5.92 Å². The minimum atomic E-state index is -5.55. The van der Waals surface area contributed by atoms with Crippen LogP contribution < -0.4 is 11.1 Å². The number of carbonyl (C=O) groups is 3. The van der Waals surface area contributed by atoms with Crippen molar-refractivity contribution in [2.45, 2.75) is 57.8 Å². The van der Waals surface area contributed by atoms with E-state index in [0.717, 1.165) is 6.42 Å². The smallest absolute Gasteiger partial charge is 0.394 e. The molecule has 11 nitrogen and oxygen atoms in total. The standard InChI is InChI=1S/C19H35F2N2O9PS/c1-4-13(2)9-17(25)31-10-15(32-14(3)24)11-34-12-16(22)18(26)23-6-8-30-7-5-19(20,21)33(27,28)29/h13,15-16H,4-12,22H2,1-3H3,(H,23,26)(H2,27,28,29). The van der Waals surface area contributed by atoms with E-state index in [0.29, 0.717) is 0 Å². The van der Waals surface area contributed by atoms with Gasteiger partial charge in [0.15, 0.2) is 0 Å². The van der Waals surface area contributed by atoms with Crippen LogP contribution in [0.25, 0.3) is 0 Å². The Morgan fingerprint density at radius 1 is 1.21 bits per heavy atom. The first kappa shape index (κ1) is 32.7. The summed E-state index contributed by atoms with van der Waals surface area (Å²) in [5.74, 6) is -0.866. The summed E-state index contributed by atoms with van der Waals surface area (Å²) in [6.07, 6.45) is -0.759. The maximum atomic E-state index is 13.1. The van der Waals surface area contributed by atoms with E-state index in [1.54, 1.807) is 0 Å². The molecule has 3 unspecified atom stereocenters. The first-order chi connectivity index (χ1) is 15.7. The number of hydrogen-bond donors (Lipinski definition) is 4. The van der Waals surface area contributed by atoms with Gasteiger partial charge in [-0.3, -0.25) is 18.9 Å². The molecule has 34 heavy (non-hydrogen) atoms. The number of thioether (sulfide) groups is 1. The number of ether oxygens (including phenoxy) is 3. The van der Waals surface area contributed by atoms with Gasteiger partial charge in [-0.15, -0.1) is 0 Å². The maximum Gasteiger partial charge on any atom is 0.394 e. The number of esters is 2. The Morgan fingerprint density at radius 2 is 1.85 bits per heavy atom. The number of hydrogen-bond acceptors (Lipinski definition) is 9. The quantitative estimate of drug-likeness (QED) is 0.113. The van der Waals surface area contributed by atoms with E-state index in [4.69, 9.17) is 29.7 Å². The molecule has 0 saturated carbocycles. The van der Waals surface area contributed by atoms with Gasteiger partial charge in [0.1, 0.15) is 12.7 Å². The van der Waals surface area contributed by atoms with Crippen LogP contribution in [-0.2, 0) is 33.2 Å². The summed E-state index contributed by atoms with van der Waals surface area (Å²) < 4.78 is 51.9. The largest absolute Gasteiger partial charge is 0.462 e. The number of amides is 1. The van der Waals surface area contributed by atoms with Crippen molar-refractivity contribution >= 4 is 37.2 Å². The fourth-order valence-corrected chi connectivity index (χ4v) is 3.60. The van der Waals surface area contributed by atoms with E-state index in [1.165, 1.54) is 18.7 Å². The molecule has 200 valence electrons. The number of nitrogens with two attached hydrogens (primary N) is 1. The zero-order valence-electron chi connectivity index (χ0n) is 19.5. The fourth-order valence-electron chi connectivity index (χ4n) is 2.25. The molecule has 0 aromatic rings. The second kappa shape index (κ2) is 16.4. The van der Waals surface area contributed by atoms with Crippen LogP contribution in [0.15, 0.2) is 0 Å². The second-order valence-electron chi connectivity index (χ2n) is 7.64. The molecular formula is C19H35F2N2O9PS. The molecule has 0 spiro atoms. The first-order valence-corrected chi connectivity index (χ1v) is 13.4. The van der Waals surface area contributed by atoms with Gasteiger partial charge >= 0.3 is 25.2 Å². The lowest BCUT2D eigenvalue weighted by atomic mass is 10.1. The molecule has 0 fully saturated rings. The van der Waals surface area contributed by atoms with Gasteiger partial charge in [-0.2, -0.15) is 20.5 Å². The van der Waals surface area contributed by atoms with Crippen LogP contribution in [0.3, 0.4) is 0 Å². The third-order valence-electron chi connectivity index (χ3n) is 4.43. The second-order valence-corrected chi connectivity index (χ2v) is 10.5. The average molecular weight is 537 g/mol. The Bertz CT molecular complexity index is 697. The number of halogens is 2. The number of carbonyl (C=O) groups excluding carboxylic acids is 3. The fraction of sp³-hybridized carbons (Fsp3) is 0.842. The predicted octanol–water partition coefficient (Wildman–Crippen LogP) is 1.25. The van der Waals surface area contributed by atoms with E-state index in [9.17, 15) is 27.7 Å². The molecule has 1 amide bonds. The lowest BCUT2D eigenvalue weighted by molar-refractivity contribution is -0.156. The molecule has 0 aliphatic rings. The van der Waals surface area contributed by atoms with Crippen LogP contribution in [0.2, 0.25) is 0 Å². The van der Waals surface area contributed by atoms with Crippen molar-refractivity contribution in [1.29, 1.82) is 0 Å². The summed E-state index contributed by atoms with van der Waals surface area (Å²) in [6.45, 7) is 4.20. The van der Waals surface area contributed by atoms with Gasteiger partial charge in [0, 0.05) is 37.8 Å². The Kier molecular flexibility index (Phi) is 15.7. The molecule has 0 bridgehead atoms. The third kappa shape index (κ3) is 14.8. The monoisotopic (exact) mass is 536 g/mol. The normalized spacial score (nSPS) is 14.7. The van der Waals surface area contributed by atoms with Crippen molar-refractivity contribution in [3.63, 3.8) is 0 Å². The SMILES string of the molecule is CCC(C)CC(=O)OCC(CSCC(N)C(=O)NCCOCCC(F)(F)P(=O)(O)O)OC(C)=O. The Morgan fingerprint density at radius 3 is 2.41 bits per heavy atom. The summed E-state index contributed by atoms with van der Waals surface area (Å²) in [7, 11) is -5.55. The molecular weight excluding hydrogens is 501 g/mol. The molecule has 0 rings (SSSR count). The van der Waals surface area contributed by atoms with E-state index in [1.807, 2.05) is 13.8 Å². The van der Waals surface area contributed by atoms with Crippen LogP contribution in [-0.4, -0.2) is 83.3 Å². The summed E-state index contributed by atoms with van der Waals surface area (Å²) >= 11 is 1.22. The molecule has 5 N–H and O–H groups in total. The van der Waals surface area contributed by atoms with Crippen molar-refractivity contribution in [2.24, 2.45) is 11.7 Å². The van der Waals surface area contributed by atoms with Crippen LogP contribution in [0.5, 0.6) is 0 Å². The zero-order chi connectivity index (χ0) is 26.4. The van der Waals surface area contributed by atoms with Gasteiger partial charge in [0.25, 0.3) is 0 Å². The highest BCUT2D eigenvalue weighted by Crippen LogP contribution is 2.54. The predicted molar refractivity (Wildman–Crippen MR) is 121 cm³/mol. The molecule has 0 radical (unpaired) electrons. The third-order valence-corrected chi connectivity index (χ3v) is 6.71. The van der Waals surface area contributed by atoms with E-state index in [2.05, 4.69) is 5.32 Å². The minimum absolute atomic E-state index is 0.0408. The number of rotatable bonds is 18. The zero-order valence-corrected chi connectivity index (χ0v) is 21.2. The van der Waals surface area contributed by atoms with Gasteiger partial charge < -0.3 is 35.0 Å². The lowest BCUT2D eigenvalue weighted by Gasteiger charge is -2.19. The summed E-state index contributed by atoms with van der Waals surface area (Å²) in [4.78, 5) is 52.1. The Labute approximate surface area is 202 Å². The van der Waals surface area contributed by atoms with Gasteiger partial charge in [-0.1, -0.05) is 20.3 Å². The van der Waals surface area contributed by atoms with Crippen molar-refractivity contribution in [1.82, 2.24) is 5.32 Å². The van der Waals surface area contributed by atoms with Crippen LogP contribution >= 0.6 is 19.4 Å². The van der Waals surface area contributed by atoms with Crippen molar-refractivity contribution in [2.75, 3.05) is 37.9 Å². The molecule has 0 saturated heterocycles. The Hall–Kier alpha value is -1.31. The van der Waals surface area contributed by atoms with Crippen LogP contribution in [0.1, 0.15) is 40.0 Å².